The molecule has 1 aromatic carbocycles. The van der Waals surface area contributed by atoms with E-state index < -0.39 is 10.0 Å². The largest absolute Gasteiger partial charge is 0.264 e. The van der Waals surface area contributed by atoms with E-state index in [9.17, 15) is 8.42 Å². The molecule has 1 aromatic heterocycles. The van der Waals surface area contributed by atoms with Crippen LogP contribution in [0.4, 0.5) is 5.95 Å². The van der Waals surface area contributed by atoms with E-state index in [1.54, 1.807) is 19.1 Å². The number of H-pyrrole nitrogens is 1. The van der Waals surface area contributed by atoms with Crippen molar-refractivity contribution in [3.05, 3.63) is 33.7 Å². The highest BCUT2D eigenvalue weighted by molar-refractivity contribution is 14.1. The highest BCUT2D eigenvalue weighted by Gasteiger charge is 2.15. The summed E-state index contributed by atoms with van der Waals surface area (Å²) >= 11 is 2.11. The fourth-order valence-corrected chi connectivity index (χ4v) is 2.48. The van der Waals surface area contributed by atoms with E-state index in [0.29, 0.717) is 5.82 Å². The molecule has 1 heterocycles. The summed E-state index contributed by atoms with van der Waals surface area (Å²) in [6.45, 7) is 1.69. The number of nitrogens with zero attached hydrogens (tertiary/aromatic N) is 2. The van der Waals surface area contributed by atoms with Crippen molar-refractivity contribution in [1.29, 1.82) is 0 Å². The van der Waals surface area contributed by atoms with Gasteiger partial charge in [-0.1, -0.05) is 0 Å². The van der Waals surface area contributed by atoms with Crippen molar-refractivity contribution in [2.24, 2.45) is 0 Å². The van der Waals surface area contributed by atoms with E-state index in [2.05, 4.69) is 42.5 Å². The van der Waals surface area contributed by atoms with Crippen LogP contribution < -0.4 is 4.72 Å². The zero-order chi connectivity index (χ0) is 12.5. The maximum atomic E-state index is 11.9. The maximum Gasteiger partial charge on any atom is 0.264 e. The van der Waals surface area contributed by atoms with Crippen LogP contribution in [-0.2, 0) is 10.0 Å². The number of hydrogen-bond acceptors (Lipinski definition) is 4. The van der Waals surface area contributed by atoms with Crippen LogP contribution in [0.1, 0.15) is 5.82 Å². The van der Waals surface area contributed by atoms with Gasteiger partial charge in [-0.05, 0) is 53.8 Å². The molecule has 90 valence electrons. The average molecular weight is 364 g/mol. The Balaban J connectivity index is 2.28. The lowest BCUT2D eigenvalue weighted by molar-refractivity contribution is 0.601. The van der Waals surface area contributed by atoms with E-state index in [-0.39, 0.29) is 10.8 Å². The molecule has 17 heavy (non-hydrogen) atoms. The Morgan fingerprint density at radius 1 is 1.29 bits per heavy atom. The Hall–Kier alpha value is -1.16. The molecule has 0 fully saturated rings. The van der Waals surface area contributed by atoms with Gasteiger partial charge in [-0.15, -0.1) is 5.10 Å². The van der Waals surface area contributed by atoms with Crippen molar-refractivity contribution in [2.45, 2.75) is 11.8 Å². The molecule has 0 unspecified atom stereocenters. The van der Waals surface area contributed by atoms with Gasteiger partial charge in [0.05, 0.1) is 4.90 Å². The van der Waals surface area contributed by atoms with E-state index in [4.69, 9.17) is 0 Å². The zero-order valence-corrected chi connectivity index (χ0v) is 11.8. The molecule has 6 nitrogen and oxygen atoms in total. The number of sulfonamides is 1. The van der Waals surface area contributed by atoms with Crippen LogP contribution in [0.15, 0.2) is 29.2 Å². The second kappa shape index (κ2) is 4.61. The summed E-state index contributed by atoms with van der Waals surface area (Å²) in [7, 11) is -3.62. The number of benzene rings is 1. The molecular weight excluding hydrogens is 355 g/mol. The topological polar surface area (TPSA) is 87.7 Å². The predicted octanol–water partition coefficient (Wildman–Crippen LogP) is 1.52. The van der Waals surface area contributed by atoms with Gasteiger partial charge in [0.15, 0.2) is 0 Å². The highest BCUT2D eigenvalue weighted by atomic mass is 127. The molecule has 2 aromatic rings. The van der Waals surface area contributed by atoms with Crippen molar-refractivity contribution in [3.63, 3.8) is 0 Å². The Kier molecular flexibility index (Phi) is 3.33. The molecule has 0 bridgehead atoms. The molecule has 0 spiro atoms. The lowest BCUT2D eigenvalue weighted by atomic mass is 10.4. The molecule has 2 N–H and O–H groups in total. The molecule has 0 aliphatic carbocycles. The number of nitrogens with one attached hydrogen (secondary N) is 2. The first kappa shape index (κ1) is 12.3. The summed E-state index contributed by atoms with van der Waals surface area (Å²) in [6, 6.07) is 6.50. The van der Waals surface area contributed by atoms with Gasteiger partial charge in [-0.25, -0.2) is 13.1 Å². The standard InChI is InChI=1S/C9H9IN4O2S/c1-6-11-9(13-12-6)14-17(15,16)8-4-2-7(10)3-5-8/h2-5H,1H3,(H2,11,12,13,14). The Labute approximate surface area is 112 Å². The van der Waals surface area contributed by atoms with Gasteiger partial charge in [-0.3, -0.25) is 5.10 Å². The fraction of sp³-hybridized carbons (Fsp3) is 0.111. The third-order valence-corrected chi connectivity index (χ3v) is 4.01. The number of anilines is 1. The van der Waals surface area contributed by atoms with Crippen molar-refractivity contribution in [2.75, 3.05) is 4.72 Å². The van der Waals surface area contributed by atoms with Gasteiger partial charge in [0.1, 0.15) is 5.82 Å². The SMILES string of the molecule is Cc1nc(NS(=O)(=O)c2ccc(I)cc2)n[nH]1. The third kappa shape index (κ3) is 2.94. The normalized spacial score (nSPS) is 11.4. The minimum Gasteiger partial charge on any atom is -0.261 e. The minimum atomic E-state index is -3.62. The summed E-state index contributed by atoms with van der Waals surface area (Å²) in [5.74, 6) is 0.589. The van der Waals surface area contributed by atoms with Crippen LogP contribution in [0.3, 0.4) is 0 Å². The molecular formula is C9H9IN4O2S. The van der Waals surface area contributed by atoms with Crippen LogP contribution in [0.25, 0.3) is 0 Å². The van der Waals surface area contributed by atoms with Gasteiger partial charge in [0, 0.05) is 3.57 Å². The minimum absolute atomic E-state index is 0.0426. The maximum absolute atomic E-state index is 11.9. The second-order valence-corrected chi connectivity index (χ2v) is 6.23. The molecule has 8 heteroatoms. The zero-order valence-electron chi connectivity index (χ0n) is 8.81. The quantitative estimate of drug-likeness (QED) is 0.809. The number of halogens is 1. The van der Waals surface area contributed by atoms with Crippen molar-refractivity contribution in [1.82, 2.24) is 15.2 Å². The number of aryl methyl sites for hydroxylation is 1. The molecule has 0 saturated carbocycles. The van der Waals surface area contributed by atoms with E-state index in [1.165, 1.54) is 12.1 Å². The lowest BCUT2D eigenvalue weighted by Gasteiger charge is -2.03. The molecule has 0 saturated heterocycles. The van der Waals surface area contributed by atoms with Gasteiger partial charge in [0.25, 0.3) is 16.0 Å². The first-order chi connectivity index (χ1) is 7.97. The second-order valence-electron chi connectivity index (χ2n) is 3.30. The van der Waals surface area contributed by atoms with Crippen LogP contribution in [-0.4, -0.2) is 23.6 Å². The van der Waals surface area contributed by atoms with Crippen LogP contribution in [0.2, 0.25) is 0 Å². The van der Waals surface area contributed by atoms with Crippen LogP contribution in [0.5, 0.6) is 0 Å². The van der Waals surface area contributed by atoms with Gasteiger partial charge in [-0.2, -0.15) is 4.98 Å². The Morgan fingerprint density at radius 2 is 1.94 bits per heavy atom. The molecule has 2 rings (SSSR count). The Bertz CT molecular complexity index is 621. The first-order valence-electron chi connectivity index (χ1n) is 4.65. The van der Waals surface area contributed by atoms with Crippen molar-refractivity contribution < 1.29 is 8.42 Å². The Morgan fingerprint density at radius 3 is 2.47 bits per heavy atom. The lowest BCUT2D eigenvalue weighted by Crippen LogP contribution is -2.13. The number of aromatic nitrogens is 3. The molecule has 0 aliphatic rings. The van der Waals surface area contributed by atoms with Gasteiger partial charge >= 0.3 is 0 Å². The third-order valence-electron chi connectivity index (χ3n) is 1.95. The van der Waals surface area contributed by atoms with Gasteiger partial charge < -0.3 is 0 Å². The highest BCUT2D eigenvalue weighted by Crippen LogP contribution is 2.14. The van der Waals surface area contributed by atoms with E-state index >= 15 is 0 Å². The summed E-state index contributed by atoms with van der Waals surface area (Å²) in [4.78, 5) is 4.06. The number of rotatable bonds is 3. The monoisotopic (exact) mass is 364 g/mol. The summed E-state index contributed by atoms with van der Waals surface area (Å²) in [6.07, 6.45) is 0. The molecule has 0 atom stereocenters. The van der Waals surface area contributed by atoms with E-state index in [0.717, 1.165) is 3.57 Å². The molecule has 0 aliphatic heterocycles. The van der Waals surface area contributed by atoms with Crippen LogP contribution in [0, 0.1) is 10.5 Å². The van der Waals surface area contributed by atoms with Gasteiger partial charge in [0.2, 0.25) is 0 Å². The summed E-state index contributed by atoms with van der Waals surface area (Å²) in [5.41, 5.74) is 0. The summed E-state index contributed by atoms with van der Waals surface area (Å²) in [5, 5.41) is 6.28. The summed E-state index contributed by atoms with van der Waals surface area (Å²) < 4.78 is 27.1. The number of aromatic amines is 1. The van der Waals surface area contributed by atoms with Crippen LogP contribution >= 0.6 is 22.6 Å². The molecule has 0 radical (unpaired) electrons. The fourth-order valence-electron chi connectivity index (χ4n) is 1.18. The smallest absolute Gasteiger partial charge is 0.261 e. The first-order valence-corrected chi connectivity index (χ1v) is 7.21. The van der Waals surface area contributed by atoms with Crippen molar-refractivity contribution in [3.8, 4) is 0 Å². The average Bonchev–Trinajstić information content (AvgIpc) is 2.63. The van der Waals surface area contributed by atoms with Crippen molar-refractivity contribution >= 4 is 38.6 Å². The molecule has 0 amide bonds. The number of hydrogen-bond donors (Lipinski definition) is 2. The van der Waals surface area contributed by atoms with E-state index in [1.807, 2.05) is 0 Å². The predicted molar refractivity (Wildman–Crippen MR) is 71.1 cm³/mol.